The maximum atomic E-state index is 6.20. The molecule has 2 aromatic carbocycles. The molecule has 2 heterocycles. The van der Waals surface area contributed by atoms with Crippen molar-refractivity contribution in [2.75, 3.05) is 10.6 Å². The molecular formula is C19H13Cl4N5. The topological polar surface area (TPSA) is 65.6 Å². The number of pyridine rings is 1. The van der Waals surface area contributed by atoms with Crippen LogP contribution in [-0.2, 0) is 6.54 Å². The van der Waals surface area contributed by atoms with Gasteiger partial charge in [-0.05, 0) is 42.0 Å². The SMILES string of the molecule is Clc1cc(NCc2ccc3nc(Nc4c(Cl)cccc4Cl)[nH]c3c2)cc(Cl)n1. The third kappa shape index (κ3) is 4.28. The maximum Gasteiger partial charge on any atom is 0.205 e. The molecule has 142 valence electrons. The molecule has 0 unspecified atom stereocenters. The molecular weight excluding hydrogens is 440 g/mol. The number of halogens is 4. The van der Waals surface area contributed by atoms with Gasteiger partial charge in [-0.2, -0.15) is 0 Å². The van der Waals surface area contributed by atoms with Gasteiger partial charge in [-0.15, -0.1) is 0 Å². The van der Waals surface area contributed by atoms with Crippen LogP contribution in [-0.4, -0.2) is 15.0 Å². The highest BCUT2D eigenvalue weighted by Crippen LogP contribution is 2.32. The largest absolute Gasteiger partial charge is 0.381 e. The van der Waals surface area contributed by atoms with Crippen molar-refractivity contribution in [2.45, 2.75) is 6.54 Å². The van der Waals surface area contributed by atoms with Crippen molar-refractivity contribution in [3.63, 3.8) is 0 Å². The van der Waals surface area contributed by atoms with Gasteiger partial charge in [-0.25, -0.2) is 9.97 Å². The highest BCUT2D eigenvalue weighted by molar-refractivity contribution is 6.39. The number of aromatic nitrogens is 3. The van der Waals surface area contributed by atoms with Crippen LogP contribution in [0.1, 0.15) is 5.56 Å². The van der Waals surface area contributed by atoms with E-state index in [2.05, 4.69) is 25.6 Å². The normalized spacial score (nSPS) is 11.0. The molecule has 0 fully saturated rings. The van der Waals surface area contributed by atoms with Gasteiger partial charge in [-0.1, -0.05) is 58.5 Å². The lowest BCUT2D eigenvalue weighted by atomic mass is 10.2. The van der Waals surface area contributed by atoms with E-state index in [9.17, 15) is 0 Å². The maximum absolute atomic E-state index is 6.20. The van der Waals surface area contributed by atoms with Crippen molar-refractivity contribution < 1.29 is 0 Å². The number of anilines is 3. The quantitative estimate of drug-likeness (QED) is 0.287. The van der Waals surface area contributed by atoms with E-state index < -0.39 is 0 Å². The molecule has 0 saturated heterocycles. The summed E-state index contributed by atoms with van der Waals surface area (Å²) in [5, 5.41) is 8.14. The minimum absolute atomic E-state index is 0.341. The van der Waals surface area contributed by atoms with E-state index in [1.54, 1.807) is 30.3 Å². The summed E-state index contributed by atoms with van der Waals surface area (Å²) in [4.78, 5) is 11.7. The molecule has 0 spiro atoms. The number of hydrogen-bond donors (Lipinski definition) is 3. The third-order valence-corrected chi connectivity index (χ3v) is 5.03. The van der Waals surface area contributed by atoms with E-state index >= 15 is 0 Å². The van der Waals surface area contributed by atoms with Gasteiger partial charge in [0.25, 0.3) is 0 Å². The number of rotatable bonds is 5. The van der Waals surface area contributed by atoms with Gasteiger partial charge in [0.2, 0.25) is 5.95 Å². The molecule has 0 radical (unpaired) electrons. The Hall–Kier alpha value is -2.18. The van der Waals surface area contributed by atoms with Crippen LogP contribution in [0.2, 0.25) is 20.4 Å². The predicted molar refractivity (Wildman–Crippen MR) is 117 cm³/mol. The number of nitrogens with zero attached hydrogens (tertiary/aromatic N) is 2. The van der Waals surface area contributed by atoms with Gasteiger partial charge >= 0.3 is 0 Å². The van der Waals surface area contributed by atoms with Crippen LogP contribution in [0.4, 0.5) is 17.3 Å². The van der Waals surface area contributed by atoms with Crippen molar-refractivity contribution in [2.24, 2.45) is 0 Å². The average Bonchev–Trinajstić information content (AvgIpc) is 3.04. The fraction of sp³-hybridized carbons (Fsp3) is 0.0526. The first-order valence-electron chi connectivity index (χ1n) is 8.24. The molecule has 3 N–H and O–H groups in total. The molecule has 0 aliphatic heterocycles. The highest BCUT2D eigenvalue weighted by Gasteiger charge is 2.09. The zero-order valence-corrected chi connectivity index (χ0v) is 17.3. The number of hydrogen-bond acceptors (Lipinski definition) is 4. The number of nitrogens with one attached hydrogen (secondary N) is 3. The molecule has 0 bridgehead atoms. The first-order chi connectivity index (χ1) is 13.5. The zero-order chi connectivity index (χ0) is 19.7. The van der Waals surface area contributed by atoms with Gasteiger partial charge in [0, 0.05) is 12.2 Å². The Kier molecular flexibility index (Phi) is 5.51. The van der Waals surface area contributed by atoms with E-state index in [4.69, 9.17) is 46.4 Å². The predicted octanol–water partition coefficient (Wildman–Crippen LogP) is 6.93. The van der Waals surface area contributed by atoms with Crippen LogP contribution >= 0.6 is 46.4 Å². The van der Waals surface area contributed by atoms with Gasteiger partial charge in [-0.3, -0.25) is 0 Å². The van der Waals surface area contributed by atoms with Crippen LogP contribution in [0, 0.1) is 0 Å². The summed E-state index contributed by atoms with van der Waals surface area (Å²) in [6.07, 6.45) is 0. The lowest BCUT2D eigenvalue weighted by Crippen LogP contribution is -1.99. The van der Waals surface area contributed by atoms with E-state index in [-0.39, 0.29) is 0 Å². The Labute approximate surface area is 181 Å². The number of imidazole rings is 1. The lowest BCUT2D eigenvalue weighted by Gasteiger charge is -2.07. The van der Waals surface area contributed by atoms with Crippen molar-refractivity contribution in [3.8, 4) is 0 Å². The standard InChI is InChI=1S/C19H13Cl4N5/c20-12-2-1-3-13(21)18(12)28-19-25-14-5-4-10(6-15(14)26-19)9-24-11-7-16(22)27-17(23)8-11/h1-8H,9H2,(H,24,27)(H2,25,26,28). The smallest absolute Gasteiger partial charge is 0.205 e. The minimum atomic E-state index is 0.341. The van der Waals surface area contributed by atoms with Crippen LogP contribution < -0.4 is 10.6 Å². The number of H-pyrrole nitrogens is 1. The number of aromatic amines is 1. The molecule has 0 aliphatic rings. The zero-order valence-electron chi connectivity index (χ0n) is 14.2. The molecule has 4 rings (SSSR count). The monoisotopic (exact) mass is 451 g/mol. The molecule has 5 nitrogen and oxygen atoms in total. The molecule has 4 aromatic rings. The minimum Gasteiger partial charge on any atom is -0.381 e. The molecule has 0 aliphatic carbocycles. The molecule has 0 saturated carbocycles. The van der Waals surface area contributed by atoms with Crippen molar-refractivity contribution >= 4 is 74.8 Å². The second kappa shape index (κ2) is 8.05. The van der Waals surface area contributed by atoms with Crippen molar-refractivity contribution in [1.29, 1.82) is 0 Å². The summed E-state index contributed by atoms with van der Waals surface area (Å²) < 4.78 is 0. The summed E-state index contributed by atoms with van der Waals surface area (Å²) in [5.41, 5.74) is 4.17. The summed E-state index contributed by atoms with van der Waals surface area (Å²) in [5.74, 6) is 0.558. The van der Waals surface area contributed by atoms with Gasteiger partial charge in [0.15, 0.2) is 0 Å². The Morgan fingerprint density at radius 1 is 0.857 bits per heavy atom. The summed E-state index contributed by atoms with van der Waals surface area (Å²) in [7, 11) is 0. The van der Waals surface area contributed by atoms with E-state index in [0.717, 1.165) is 22.3 Å². The van der Waals surface area contributed by atoms with E-state index in [1.165, 1.54) is 0 Å². The second-order valence-electron chi connectivity index (χ2n) is 6.01. The molecule has 28 heavy (non-hydrogen) atoms. The summed E-state index contributed by atoms with van der Waals surface area (Å²) >= 11 is 24.3. The summed E-state index contributed by atoms with van der Waals surface area (Å²) in [6.45, 7) is 0.588. The van der Waals surface area contributed by atoms with Gasteiger partial charge in [0.1, 0.15) is 10.3 Å². The molecule has 0 amide bonds. The first kappa shape index (κ1) is 19.2. The fourth-order valence-electron chi connectivity index (χ4n) is 2.73. The van der Waals surface area contributed by atoms with Crippen LogP contribution in [0.25, 0.3) is 11.0 Å². The number of fused-ring (bicyclic) bond motifs is 1. The summed E-state index contributed by atoms with van der Waals surface area (Å²) in [6, 6.07) is 14.7. The van der Waals surface area contributed by atoms with Gasteiger partial charge in [0.05, 0.1) is 26.8 Å². The molecule has 0 atom stereocenters. The highest BCUT2D eigenvalue weighted by atomic mass is 35.5. The number of para-hydroxylation sites is 1. The Morgan fingerprint density at radius 2 is 1.57 bits per heavy atom. The average molecular weight is 453 g/mol. The van der Waals surface area contributed by atoms with E-state index in [0.29, 0.717) is 38.5 Å². The second-order valence-corrected chi connectivity index (χ2v) is 7.60. The first-order valence-corrected chi connectivity index (χ1v) is 9.76. The van der Waals surface area contributed by atoms with Crippen LogP contribution in [0.3, 0.4) is 0 Å². The third-order valence-electron chi connectivity index (χ3n) is 4.01. The Balaban J connectivity index is 1.53. The molecule has 9 heteroatoms. The van der Waals surface area contributed by atoms with Crippen LogP contribution in [0.15, 0.2) is 48.5 Å². The van der Waals surface area contributed by atoms with Gasteiger partial charge < -0.3 is 15.6 Å². The lowest BCUT2D eigenvalue weighted by molar-refractivity contribution is 1.15. The van der Waals surface area contributed by atoms with Crippen LogP contribution in [0.5, 0.6) is 0 Å². The van der Waals surface area contributed by atoms with E-state index in [1.807, 2.05) is 18.2 Å². The van der Waals surface area contributed by atoms with Crippen molar-refractivity contribution in [3.05, 3.63) is 74.4 Å². The fourth-order valence-corrected chi connectivity index (χ4v) is 3.69. The Morgan fingerprint density at radius 3 is 2.29 bits per heavy atom. The number of benzene rings is 2. The Bertz CT molecular complexity index is 1120. The van der Waals surface area contributed by atoms with Crippen molar-refractivity contribution in [1.82, 2.24) is 15.0 Å². The molecule has 2 aromatic heterocycles.